The summed E-state index contributed by atoms with van der Waals surface area (Å²) in [6, 6.07) is 9.33. The third kappa shape index (κ3) is 3.23. The molecule has 1 unspecified atom stereocenters. The van der Waals surface area contributed by atoms with E-state index in [0.29, 0.717) is 15.1 Å². The quantitative estimate of drug-likeness (QED) is 0.770. The Morgan fingerprint density at radius 3 is 2.74 bits per heavy atom. The summed E-state index contributed by atoms with van der Waals surface area (Å²) in [4.78, 5) is 16.3. The molecule has 1 aromatic carbocycles. The van der Waals surface area contributed by atoms with Crippen LogP contribution in [0.4, 0.5) is 9.39 Å². The van der Waals surface area contributed by atoms with Gasteiger partial charge in [0, 0.05) is 18.1 Å². The third-order valence-electron chi connectivity index (χ3n) is 3.68. The molecule has 1 amide bonds. The first-order chi connectivity index (χ1) is 11.1. The number of nitrogens with zero attached hydrogens (tertiary/aromatic N) is 1. The first-order valence-electron chi connectivity index (χ1n) is 7.19. The van der Waals surface area contributed by atoms with Crippen LogP contribution in [-0.4, -0.2) is 17.4 Å². The average molecular weight is 329 g/mol. The number of fused-ring (bicyclic) bond motifs is 1. The average Bonchev–Trinajstić information content (AvgIpc) is 2.94. The summed E-state index contributed by atoms with van der Waals surface area (Å²) in [6.07, 6.45) is 2.74. The van der Waals surface area contributed by atoms with E-state index in [1.54, 1.807) is 12.3 Å². The lowest BCUT2D eigenvalue weighted by Gasteiger charge is -2.14. The van der Waals surface area contributed by atoms with E-state index in [1.165, 1.54) is 11.3 Å². The van der Waals surface area contributed by atoms with Crippen LogP contribution >= 0.6 is 11.3 Å². The second-order valence-electron chi connectivity index (χ2n) is 5.33. The number of aromatic nitrogens is 1. The molecule has 0 spiro atoms. The van der Waals surface area contributed by atoms with Gasteiger partial charge in [0.05, 0.1) is 21.8 Å². The number of hydrogen-bond donors (Lipinski definition) is 2. The van der Waals surface area contributed by atoms with Crippen molar-refractivity contribution in [1.29, 1.82) is 0 Å². The number of aryl methyl sites for hydroxylation is 1. The van der Waals surface area contributed by atoms with E-state index in [2.05, 4.69) is 10.3 Å². The van der Waals surface area contributed by atoms with Gasteiger partial charge in [-0.15, -0.1) is 11.3 Å². The normalized spacial score (nSPS) is 12.3. The maximum absolute atomic E-state index is 13.7. The summed E-state index contributed by atoms with van der Waals surface area (Å²) < 4.78 is 14.4. The van der Waals surface area contributed by atoms with E-state index in [-0.39, 0.29) is 12.5 Å². The highest BCUT2D eigenvalue weighted by Crippen LogP contribution is 2.31. The number of hydrogen-bond acceptors (Lipinski definition) is 4. The maximum atomic E-state index is 13.7. The molecule has 0 bridgehead atoms. The molecule has 3 aromatic rings. The van der Waals surface area contributed by atoms with Crippen LogP contribution in [0.25, 0.3) is 10.1 Å². The zero-order valence-electron chi connectivity index (χ0n) is 12.5. The molecule has 6 heteroatoms. The summed E-state index contributed by atoms with van der Waals surface area (Å²) in [7, 11) is 0. The fourth-order valence-corrected chi connectivity index (χ4v) is 3.34. The van der Waals surface area contributed by atoms with Crippen LogP contribution in [0.3, 0.4) is 0 Å². The number of anilines is 1. The van der Waals surface area contributed by atoms with E-state index in [1.807, 2.05) is 31.2 Å². The van der Waals surface area contributed by atoms with Gasteiger partial charge < -0.3 is 11.1 Å². The van der Waals surface area contributed by atoms with E-state index in [4.69, 9.17) is 5.73 Å². The minimum absolute atomic E-state index is 0.198. The molecule has 0 fully saturated rings. The van der Waals surface area contributed by atoms with Gasteiger partial charge in [-0.1, -0.05) is 29.8 Å². The summed E-state index contributed by atoms with van der Waals surface area (Å²) in [5, 5.41) is 3.87. The fourth-order valence-electron chi connectivity index (χ4n) is 2.39. The second-order valence-corrected chi connectivity index (χ2v) is 6.42. The predicted octanol–water partition coefficient (Wildman–Crippen LogP) is 3.42. The van der Waals surface area contributed by atoms with Crippen LogP contribution in [0.5, 0.6) is 0 Å². The van der Waals surface area contributed by atoms with E-state index >= 15 is 0 Å². The van der Waals surface area contributed by atoms with Crippen molar-refractivity contribution in [2.75, 3.05) is 11.9 Å². The van der Waals surface area contributed by atoms with Crippen molar-refractivity contribution in [3.8, 4) is 0 Å². The maximum Gasteiger partial charge on any atom is 0.233 e. The van der Waals surface area contributed by atoms with Gasteiger partial charge in [-0.05, 0) is 18.6 Å². The Morgan fingerprint density at radius 2 is 2.09 bits per heavy atom. The topological polar surface area (TPSA) is 68.0 Å². The number of halogens is 1. The minimum Gasteiger partial charge on any atom is -0.329 e. The van der Waals surface area contributed by atoms with Crippen molar-refractivity contribution in [3.05, 3.63) is 59.7 Å². The van der Waals surface area contributed by atoms with Crippen LogP contribution in [-0.2, 0) is 4.79 Å². The van der Waals surface area contributed by atoms with Crippen LogP contribution in [0.2, 0.25) is 0 Å². The molecule has 0 saturated carbocycles. The number of carbonyl (C=O) groups excluding carboxylic acids is 1. The zero-order chi connectivity index (χ0) is 16.4. The highest BCUT2D eigenvalue weighted by atomic mass is 32.1. The van der Waals surface area contributed by atoms with Gasteiger partial charge in [0.15, 0.2) is 0 Å². The minimum atomic E-state index is -0.441. The van der Waals surface area contributed by atoms with E-state index < -0.39 is 11.7 Å². The van der Waals surface area contributed by atoms with E-state index in [9.17, 15) is 9.18 Å². The zero-order valence-corrected chi connectivity index (χ0v) is 13.4. The van der Waals surface area contributed by atoms with Crippen molar-refractivity contribution < 1.29 is 9.18 Å². The first-order valence-corrected chi connectivity index (χ1v) is 8.00. The molecule has 23 heavy (non-hydrogen) atoms. The smallest absolute Gasteiger partial charge is 0.233 e. The Kier molecular flexibility index (Phi) is 4.36. The predicted molar refractivity (Wildman–Crippen MR) is 91.2 cm³/mol. The van der Waals surface area contributed by atoms with Gasteiger partial charge in [-0.25, -0.2) is 4.39 Å². The molecule has 3 rings (SSSR count). The SMILES string of the molecule is Cc1ccc(C(CN)C(=O)Nc2cc3c(F)cncc3s2)cc1. The van der Waals surface area contributed by atoms with Crippen molar-refractivity contribution in [2.24, 2.45) is 5.73 Å². The van der Waals surface area contributed by atoms with Crippen molar-refractivity contribution in [2.45, 2.75) is 12.8 Å². The van der Waals surface area contributed by atoms with Gasteiger partial charge >= 0.3 is 0 Å². The molecule has 0 aliphatic carbocycles. The lowest BCUT2D eigenvalue weighted by atomic mass is 9.97. The summed E-state index contributed by atoms with van der Waals surface area (Å²) in [5.41, 5.74) is 7.76. The largest absolute Gasteiger partial charge is 0.329 e. The highest BCUT2D eigenvalue weighted by molar-refractivity contribution is 7.22. The molecule has 0 radical (unpaired) electrons. The van der Waals surface area contributed by atoms with Crippen molar-refractivity contribution >= 4 is 32.3 Å². The standard InChI is InChI=1S/C17H16FN3OS/c1-10-2-4-11(5-3-10)13(7-19)17(22)21-16-6-12-14(18)8-20-9-15(12)23-16/h2-6,8-9,13H,7,19H2,1H3,(H,21,22). The lowest BCUT2D eigenvalue weighted by Crippen LogP contribution is -2.27. The second kappa shape index (κ2) is 6.44. The van der Waals surface area contributed by atoms with Gasteiger partial charge in [0.25, 0.3) is 0 Å². The molecule has 2 heterocycles. The molecule has 4 nitrogen and oxygen atoms in total. The third-order valence-corrected chi connectivity index (χ3v) is 4.66. The summed E-state index contributed by atoms with van der Waals surface area (Å²) in [5.74, 6) is -1.03. The molecule has 2 aromatic heterocycles. The number of rotatable bonds is 4. The van der Waals surface area contributed by atoms with Crippen molar-refractivity contribution in [3.63, 3.8) is 0 Å². The van der Waals surface area contributed by atoms with Crippen LogP contribution < -0.4 is 11.1 Å². The number of nitrogens with two attached hydrogens (primary N) is 1. The van der Waals surface area contributed by atoms with Gasteiger partial charge in [0.2, 0.25) is 5.91 Å². The van der Waals surface area contributed by atoms with E-state index in [0.717, 1.165) is 17.3 Å². The number of nitrogens with one attached hydrogen (secondary N) is 1. The molecular weight excluding hydrogens is 313 g/mol. The molecule has 0 saturated heterocycles. The first kappa shape index (κ1) is 15.6. The number of amides is 1. The van der Waals surface area contributed by atoms with Gasteiger partial charge in [-0.3, -0.25) is 9.78 Å². The van der Waals surface area contributed by atoms with Gasteiger partial charge in [-0.2, -0.15) is 0 Å². The van der Waals surface area contributed by atoms with Gasteiger partial charge in [0.1, 0.15) is 5.82 Å². The van der Waals surface area contributed by atoms with Crippen molar-refractivity contribution in [1.82, 2.24) is 4.98 Å². The Balaban J connectivity index is 1.83. The number of benzene rings is 1. The van der Waals surface area contributed by atoms with Crippen LogP contribution in [0.1, 0.15) is 17.0 Å². The highest BCUT2D eigenvalue weighted by Gasteiger charge is 2.20. The Hall–Kier alpha value is -2.31. The molecule has 118 valence electrons. The molecule has 0 aliphatic rings. The fraction of sp³-hybridized carbons (Fsp3) is 0.176. The Bertz CT molecular complexity index is 845. The van der Waals surface area contributed by atoms with Crippen LogP contribution in [0, 0.1) is 12.7 Å². The monoisotopic (exact) mass is 329 g/mol. The Morgan fingerprint density at radius 1 is 1.35 bits per heavy atom. The van der Waals surface area contributed by atoms with Crippen LogP contribution in [0.15, 0.2) is 42.7 Å². The lowest BCUT2D eigenvalue weighted by molar-refractivity contribution is -0.117. The molecule has 3 N–H and O–H groups in total. The number of pyridine rings is 1. The molecular formula is C17H16FN3OS. The summed E-state index contributed by atoms with van der Waals surface area (Å²) >= 11 is 1.29. The summed E-state index contributed by atoms with van der Waals surface area (Å²) in [6.45, 7) is 2.19. The molecule has 0 aliphatic heterocycles. The number of carbonyl (C=O) groups is 1. The number of thiophene rings is 1. The Labute approximate surface area is 137 Å². The molecule has 1 atom stereocenters.